The van der Waals surface area contributed by atoms with Crippen LogP contribution >= 0.6 is 68.8 Å². The molecule has 8 aromatic rings. The van der Waals surface area contributed by atoms with E-state index in [2.05, 4.69) is 49.1 Å². The zero-order chi connectivity index (χ0) is 97.2. The van der Waals surface area contributed by atoms with Crippen LogP contribution in [0.25, 0.3) is 0 Å². The van der Waals surface area contributed by atoms with Crippen LogP contribution in [0.2, 0.25) is 15.1 Å². The molecule has 16 rings (SSSR count). The zero-order valence-electron chi connectivity index (χ0n) is 71.5. The normalized spacial score (nSPS) is 20.4. The summed E-state index contributed by atoms with van der Waals surface area (Å²) in [7, 11) is -7.24. The third-order valence-corrected chi connectivity index (χ3v) is 27.1. The average Bonchev–Trinajstić information content (AvgIpc) is 1.47. The number of carbonyl (C=O) groups excluding carboxylic acids is 5. The molecule has 0 radical (unpaired) electrons. The van der Waals surface area contributed by atoms with Crippen LogP contribution in [0, 0.1) is 46.5 Å². The van der Waals surface area contributed by atoms with E-state index in [4.69, 9.17) is 83.7 Å². The Bertz CT molecular complexity index is 6600. The number of nitrogens with two attached hydrogens (primary N) is 2. The van der Waals surface area contributed by atoms with E-state index < -0.39 is 166 Å². The van der Waals surface area contributed by atoms with Crippen molar-refractivity contribution in [3.8, 4) is 0 Å². The molecule has 0 aliphatic carbocycles. The molecule has 4 fully saturated rings. The van der Waals surface area contributed by atoms with Crippen molar-refractivity contribution in [3.63, 3.8) is 0 Å². The fourth-order valence-corrected chi connectivity index (χ4v) is 21.0. The van der Waals surface area contributed by atoms with Gasteiger partial charge in [0.05, 0.1) is 78.0 Å². The minimum absolute atomic E-state index is 0.0164. The molecule has 8 atom stereocenters. The summed E-state index contributed by atoms with van der Waals surface area (Å²) in [6.07, 6.45) is 5.43. The Morgan fingerprint density at radius 1 is 0.455 bits per heavy atom. The monoisotopic (exact) mass is 2040 g/mol. The first-order chi connectivity index (χ1) is 63.3. The second kappa shape index (κ2) is 41.2. The third-order valence-electron chi connectivity index (χ3n) is 20.8. The third kappa shape index (κ3) is 22.3. The molecule has 134 heavy (non-hydrogen) atoms. The molecule has 0 unspecified atom stereocenters. The molecule has 12 heterocycles. The molecule has 9 N–H and O–H groups in total. The average molecular weight is 2040 g/mol. The highest BCUT2D eigenvalue weighted by atomic mass is 35.5. The minimum Gasteiger partial charge on any atom is -0.466 e. The van der Waals surface area contributed by atoms with E-state index in [0.717, 1.165) is 13.2 Å². The molecule has 4 aromatic carbocycles. The number of methoxy groups -OCH3 is 4. The molecule has 0 saturated carbocycles. The Morgan fingerprint density at radius 3 is 1.13 bits per heavy atom. The molecular formula is C82H80Cl3F8N19O16S6. The number of ether oxygens (including phenoxy) is 5. The maximum Gasteiger partial charge on any atom is 0.407 e. The van der Waals surface area contributed by atoms with E-state index in [1.165, 1.54) is 96.6 Å². The number of carbonyl (C=O) groups is 5. The highest BCUT2D eigenvalue weighted by Crippen LogP contribution is 2.49. The summed E-state index contributed by atoms with van der Waals surface area (Å²) in [6.45, 7) is 9.29. The SMILES string of the molecule is COC(=O)C1=C2C[C@H](NC(=O)OC(C)(C)C)CN2C(c2nccs2)=N[C@H]1c1cccc(F)c1Cl.COC(=O)C1=C2C[C@H](NS(=O)(=O)NC(C)C)CN2C(c2nccs2)=N[C@H]1c1cccc(F)c1Cl.COC(=O)C1=C2C[C@H](NS(N)(=O)=O)CN2C(c2ncc(F)cc2F)=N[C@H]1c1ccc(F)c(F)c1F.COC(=O)C1=C2C[C@H](NS(N)(=O)=O)CN2C(c2nccs2)=N[C@H]1c1cccc(F)c1Cl. The largest absolute Gasteiger partial charge is 0.466 e. The number of hydrogen-bond donors (Lipinski definition) is 7. The summed E-state index contributed by atoms with van der Waals surface area (Å²) in [4.78, 5) is 106. The quantitative estimate of drug-likeness (QED) is 0.0152. The molecular weight excluding hydrogens is 1960 g/mol. The molecule has 0 spiro atoms. The molecule has 0 bridgehead atoms. The van der Waals surface area contributed by atoms with Crippen LogP contribution in [0.1, 0.15) is 127 Å². The molecule has 1 amide bonds. The summed E-state index contributed by atoms with van der Waals surface area (Å²) in [5.74, 6) is -11.0. The number of benzene rings is 4. The number of nitrogens with zero attached hydrogens (tertiary/aromatic N) is 12. The number of alkyl carbamates (subject to hydrolysis) is 1. The van der Waals surface area contributed by atoms with Crippen LogP contribution in [-0.4, -0.2) is 209 Å². The maximum atomic E-state index is 14.8. The van der Waals surface area contributed by atoms with Crippen molar-refractivity contribution in [1.82, 2.24) is 63.7 Å². The first-order valence-corrected chi connectivity index (χ1v) is 48.2. The molecule has 35 nitrogen and oxygen atoms in total. The molecule has 4 saturated heterocycles. The van der Waals surface area contributed by atoms with Gasteiger partial charge in [-0.3, -0.25) is 20.0 Å². The second-order valence-electron chi connectivity index (χ2n) is 31.4. The number of amidine groups is 4. The molecule has 8 aliphatic rings. The lowest BCUT2D eigenvalue weighted by atomic mass is 9.93. The topological polar surface area (TPSA) is 460 Å². The lowest BCUT2D eigenvalue weighted by Crippen LogP contribution is -2.46. The van der Waals surface area contributed by atoms with E-state index in [-0.39, 0.29) is 105 Å². The number of thiazole rings is 3. The van der Waals surface area contributed by atoms with Crippen molar-refractivity contribution in [2.45, 2.75) is 120 Å². The van der Waals surface area contributed by atoms with E-state index in [1.807, 2.05) is 10.3 Å². The van der Waals surface area contributed by atoms with E-state index in [0.29, 0.717) is 92.0 Å². The number of aromatic nitrogens is 4. The Kier molecular flexibility index (Phi) is 30.8. The van der Waals surface area contributed by atoms with Gasteiger partial charge in [-0.2, -0.15) is 44.1 Å². The Balaban J connectivity index is 0.000000152. The number of esters is 4. The maximum absolute atomic E-state index is 14.8. The van der Waals surface area contributed by atoms with Crippen molar-refractivity contribution in [2.75, 3.05) is 54.6 Å². The van der Waals surface area contributed by atoms with Crippen molar-refractivity contribution < 1.29 is 108 Å². The van der Waals surface area contributed by atoms with Gasteiger partial charge >= 0.3 is 30.0 Å². The van der Waals surface area contributed by atoms with Gasteiger partial charge in [0.15, 0.2) is 61.6 Å². The van der Waals surface area contributed by atoms with Gasteiger partial charge < -0.3 is 48.6 Å². The van der Waals surface area contributed by atoms with Gasteiger partial charge in [-0.05, 0) is 58.9 Å². The molecule has 8 aliphatic heterocycles. The number of nitrogens with one attached hydrogen (secondary N) is 5. The van der Waals surface area contributed by atoms with Crippen LogP contribution < -0.4 is 34.5 Å². The molecule has 712 valence electrons. The number of fused-ring (bicyclic) bond motifs is 4. The summed E-state index contributed by atoms with van der Waals surface area (Å²) >= 11 is 22.8. The highest BCUT2D eigenvalue weighted by Gasteiger charge is 2.50. The van der Waals surface area contributed by atoms with Crippen molar-refractivity contribution >= 4 is 153 Å². The van der Waals surface area contributed by atoms with Crippen LogP contribution in [0.4, 0.5) is 39.9 Å². The van der Waals surface area contributed by atoms with Crippen LogP contribution in [-0.2, 0) is 73.5 Å². The summed E-state index contributed by atoms with van der Waals surface area (Å²) < 4.78 is 220. The van der Waals surface area contributed by atoms with Gasteiger partial charge in [0.2, 0.25) is 0 Å². The lowest BCUT2D eigenvalue weighted by Gasteiger charge is -2.32. The van der Waals surface area contributed by atoms with E-state index in [9.17, 15) is 84.3 Å². The minimum atomic E-state index is -4.22. The standard InChI is InChI=1S/C23H24ClFN4O4S.C21H23ClFN5O4S2.C20H16F5N5O4S.C18H17ClFN5O4S2/c1-23(2,3)33-22(31)27-12-10-15-16(21(30)32-4)18(13-6-5-7-14(25)17(13)24)28-19(29(15)11-12)20-26-8-9-34-20;1-11(2)26-34(30,31)27-12-9-15-16(21(29)32-3)18(13-5-4-6-14(23)17(13)22)25-19(28(15)10-12)20-24-7-8-33-20;1-34-20(31)14-13-5-9(29-35(26,32)33)7-30(13)19(18-12(23)4-8(21)6-27-18)28-17(14)10-2-3-11(22)16(25)15(10)24;1-29-18(26)13-12-7-9(24-31(21,27)28)8-25(12)16(17-22-5-6-30-17)23-15(13)10-3-2-4-11(20)14(10)19/h5-9,12,18H,10-11H2,1-4H3,(H,27,31);4-8,11-12,18,26-27H,9-10H2,1-3H3;2-4,6,9,17,29H,5,7H2,1H3,(H2,26,32,33);2-6,9,15,24H,7-8H2,1H3,(H2,21,27,28)/t2*12-,18-;9-,17-;9-,15-/m0000/s1. The summed E-state index contributed by atoms with van der Waals surface area (Å²) in [6, 6.07) is 7.65. The smallest absolute Gasteiger partial charge is 0.407 e. The first kappa shape index (κ1) is 100. The highest BCUT2D eigenvalue weighted by molar-refractivity contribution is 7.87. The fraction of sp³-hybridized carbons (Fsp3) is 0.329. The zero-order valence-corrected chi connectivity index (χ0v) is 78.6. The van der Waals surface area contributed by atoms with Gasteiger partial charge in [-0.25, -0.2) is 89.3 Å². The second-order valence-corrected chi connectivity index (χ2v) is 39.4. The number of amides is 1. The fourth-order valence-electron chi connectivity index (χ4n) is 15.8. The van der Waals surface area contributed by atoms with Crippen molar-refractivity contribution in [3.05, 3.63) is 263 Å². The van der Waals surface area contributed by atoms with Crippen LogP contribution in [0.5, 0.6) is 0 Å². The predicted octanol–water partition coefficient (Wildman–Crippen LogP) is 10.5. The van der Waals surface area contributed by atoms with E-state index in [1.54, 1.807) is 92.0 Å². The molecule has 4 aromatic heterocycles. The summed E-state index contributed by atoms with van der Waals surface area (Å²) in [5.41, 5.74) is 1.03. The van der Waals surface area contributed by atoms with Crippen LogP contribution in [0.3, 0.4) is 0 Å². The number of halogens is 11. The van der Waals surface area contributed by atoms with Crippen molar-refractivity contribution in [2.24, 2.45) is 30.2 Å². The number of pyridine rings is 1. The van der Waals surface area contributed by atoms with Gasteiger partial charge in [0.25, 0.3) is 30.6 Å². The van der Waals surface area contributed by atoms with Crippen molar-refractivity contribution in [1.29, 1.82) is 0 Å². The Labute approximate surface area is 787 Å². The van der Waals surface area contributed by atoms with Gasteiger partial charge in [0.1, 0.15) is 58.7 Å². The van der Waals surface area contributed by atoms with Crippen LogP contribution in [0.15, 0.2) is 179 Å². The number of aliphatic imine (C=N–C) groups is 4. The van der Waals surface area contributed by atoms with Gasteiger partial charge in [-0.1, -0.05) is 77.3 Å². The van der Waals surface area contributed by atoms with Gasteiger partial charge in [0, 0.05) is 162 Å². The van der Waals surface area contributed by atoms with E-state index >= 15 is 0 Å². The lowest BCUT2D eigenvalue weighted by molar-refractivity contribution is -0.137. The van der Waals surface area contributed by atoms with Gasteiger partial charge in [-0.15, -0.1) is 34.0 Å². The number of hydrogen-bond acceptors (Lipinski definition) is 31. The summed E-state index contributed by atoms with van der Waals surface area (Å²) in [5, 5.41) is 19.7. The Hall–Kier alpha value is -11.2. The Morgan fingerprint density at radius 2 is 0.799 bits per heavy atom. The molecule has 52 heteroatoms. The predicted molar refractivity (Wildman–Crippen MR) is 477 cm³/mol. The number of rotatable bonds is 21. The first-order valence-electron chi connectivity index (χ1n) is 39.8.